The summed E-state index contributed by atoms with van der Waals surface area (Å²) in [7, 11) is 2.02. The number of pyridine rings is 1. The predicted octanol–water partition coefficient (Wildman–Crippen LogP) is 5.75. The van der Waals surface area contributed by atoms with E-state index >= 15 is 0 Å². The van der Waals surface area contributed by atoms with Crippen molar-refractivity contribution in [3.05, 3.63) is 65.6 Å². The van der Waals surface area contributed by atoms with E-state index in [0.29, 0.717) is 0 Å². The van der Waals surface area contributed by atoms with Gasteiger partial charge in [-0.2, -0.15) is 5.10 Å². The molecule has 0 spiro atoms. The lowest BCUT2D eigenvalue weighted by Gasteiger charge is -2.04. The number of thiophene rings is 1. The Kier molecular flexibility index (Phi) is 4.31. The summed E-state index contributed by atoms with van der Waals surface area (Å²) in [4.78, 5) is 25.9. The van der Waals surface area contributed by atoms with Crippen molar-refractivity contribution in [3.8, 4) is 33.1 Å². The standard InChI is InChI=1S/C25H20N6OS/c1-13(32)22-6-7-23(33-22)16-8-9-26-25-17(16)11-20(28-25)24-18-10-15(4-5-19(18)29-30-24)21-12-27-14(2)31(21)3/h4-12H,1-3H3,(H,26,28)(H,29,30). The van der Waals surface area contributed by atoms with Gasteiger partial charge in [-0.05, 0) is 50.2 Å². The van der Waals surface area contributed by atoms with Gasteiger partial charge in [-0.15, -0.1) is 11.3 Å². The van der Waals surface area contributed by atoms with Gasteiger partial charge in [0.1, 0.15) is 17.2 Å². The van der Waals surface area contributed by atoms with E-state index in [1.807, 2.05) is 44.4 Å². The van der Waals surface area contributed by atoms with Crippen LogP contribution in [-0.2, 0) is 7.05 Å². The number of aryl methyl sites for hydroxylation is 1. The summed E-state index contributed by atoms with van der Waals surface area (Å²) in [5, 5.41) is 9.77. The van der Waals surface area contributed by atoms with Crippen molar-refractivity contribution in [2.75, 3.05) is 0 Å². The zero-order chi connectivity index (χ0) is 22.7. The number of carbonyl (C=O) groups is 1. The first kappa shape index (κ1) is 19.6. The van der Waals surface area contributed by atoms with Crippen LogP contribution in [-0.4, -0.2) is 35.5 Å². The van der Waals surface area contributed by atoms with Crippen molar-refractivity contribution in [1.29, 1.82) is 0 Å². The molecule has 0 saturated heterocycles. The first-order chi connectivity index (χ1) is 16.0. The maximum atomic E-state index is 11.8. The van der Waals surface area contributed by atoms with E-state index in [1.54, 1.807) is 13.1 Å². The molecule has 162 valence electrons. The van der Waals surface area contributed by atoms with Crippen LogP contribution >= 0.6 is 11.3 Å². The molecule has 6 aromatic rings. The molecule has 0 radical (unpaired) electrons. The third kappa shape index (κ3) is 3.10. The lowest BCUT2D eigenvalue weighted by molar-refractivity contribution is 0.102. The molecule has 0 bridgehead atoms. The number of hydrogen-bond donors (Lipinski definition) is 2. The number of benzene rings is 1. The fraction of sp³-hybridized carbons (Fsp3) is 0.120. The molecule has 0 fully saturated rings. The van der Waals surface area contributed by atoms with Crippen molar-refractivity contribution in [3.63, 3.8) is 0 Å². The molecule has 0 aliphatic rings. The Labute approximate surface area is 193 Å². The minimum atomic E-state index is 0.0775. The van der Waals surface area contributed by atoms with Crippen LogP contribution in [0.5, 0.6) is 0 Å². The number of aromatic amines is 2. The van der Waals surface area contributed by atoms with Crippen LogP contribution in [0.15, 0.2) is 54.9 Å². The predicted molar refractivity (Wildman–Crippen MR) is 131 cm³/mol. The molecule has 6 rings (SSSR count). The number of Topliss-reactive ketones (excluding diaryl/α,β-unsaturated/α-hetero) is 1. The van der Waals surface area contributed by atoms with Gasteiger partial charge < -0.3 is 9.55 Å². The molecule has 5 aromatic heterocycles. The average Bonchev–Trinajstić information content (AvgIpc) is 3.59. The summed E-state index contributed by atoms with van der Waals surface area (Å²) in [6.07, 6.45) is 3.68. The minimum Gasteiger partial charge on any atom is -0.338 e. The van der Waals surface area contributed by atoms with Crippen LogP contribution in [0.1, 0.15) is 22.4 Å². The average molecular weight is 453 g/mol. The number of carbonyl (C=O) groups excluding carboxylic acids is 1. The number of nitrogens with zero attached hydrogens (tertiary/aromatic N) is 4. The van der Waals surface area contributed by atoms with Gasteiger partial charge in [0.05, 0.1) is 28.0 Å². The Morgan fingerprint density at radius 1 is 1.06 bits per heavy atom. The van der Waals surface area contributed by atoms with Crippen molar-refractivity contribution in [2.45, 2.75) is 13.8 Å². The summed E-state index contributed by atoms with van der Waals surface area (Å²) in [6.45, 7) is 3.59. The van der Waals surface area contributed by atoms with Crippen molar-refractivity contribution in [2.24, 2.45) is 7.05 Å². The Balaban J connectivity index is 1.49. The highest BCUT2D eigenvalue weighted by atomic mass is 32.1. The molecule has 0 atom stereocenters. The van der Waals surface area contributed by atoms with Crippen LogP contribution < -0.4 is 0 Å². The summed E-state index contributed by atoms with van der Waals surface area (Å²) >= 11 is 1.50. The van der Waals surface area contributed by atoms with Crippen LogP contribution in [0.25, 0.3) is 55.0 Å². The molecule has 0 amide bonds. The maximum absolute atomic E-state index is 11.8. The number of nitrogens with one attached hydrogen (secondary N) is 2. The van der Waals surface area contributed by atoms with E-state index < -0.39 is 0 Å². The van der Waals surface area contributed by atoms with Gasteiger partial charge in [0.15, 0.2) is 5.78 Å². The first-order valence-corrected chi connectivity index (χ1v) is 11.4. The molecule has 7 nitrogen and oxygen atoms in total. The highest BCUT2D eigenvalue weighted by Crippen LogP contribution is 2.37. The molecule has 0 aliphatic carbocycles. The van der Waals surface area contributed by atoms with E-state index in [0.717, 1.165) is 65.7 Å². The van der Waals surface area contributed by atoms with E-state index in [1.165, 1.54) is 11.3 Å². The van der Waals surface area contributed by atoms with Crippen LogP contribution in [0.4, 0.5) is 0 Å². The molecule has 2 N–H and O–H groups in total. The molecular formula is C25H20N6OS. The molecule has 5 heterocycles. The van der Waals surface area contributed by atoms with E-state index in [4.69, 9.17) is 0 Å². The Bertz CT molecular complexity index is 1680. The van der Waals surface area contributed by atoms with Gasteiger partial charge in [-0.25, -0.2) is 9.97 Å². The monoisotopic (exact) mass is 452 g/mol. The fourth-order valence-corrected chi connectivity index (χ4v) is 5.13. The third-order valence-electron chi connectivity index (χ3n) is 6.08. The van der Waals surface area contributed by atoms with Gasteiger partial charge in [-0.3, -0.25) is 9.89 Å². The molecular weight excluding hydrogens is 432 g/mol. The Hall–Kier alpha value is -4.04. The smallest absolute Gasteiger partial charge is 0.169 e. The molecule has 1 aromatic carbocycles. The number of aromatic nitrogens is 6. The van der Waals surface area contributed by atoms with E-state index in [9.17, 15) is 4.79 Å². The Morgan fingerprint density at radius 2 is 1.94 bits per heavy atom. The molecule has 0 unspecified atom stereocenters. The van der Waals surface area contributed by atoms with Gasteiger partial charge in [-0.1, -0.05) is 6.07 Å². The maximum Gasteiger partial charge on any atom is 0.169 e. The summed E-state index contributed by atoms with van der Waals surface area (Å²) in [5.41, 5.74) is 6.66. The van der Waals surface area contributed by atoms with Crippen molar-refractivity contribution < 1.29 is 4.79 Å². The second kappa shape index (κ2) is 7.25. The topological polar surface area (TPSA) is 92.2 Å². The fourth-order valence-electron chi connectivity index (χ4n) is 4.19. The van der Waals surface area contributed by atoms with E-state index in [2.05, 4.69) is 47.9 Å². The number of H-pyrrole nitrogens is 2. The van der Waals surface area contributed by atoms with Crippen molar-refractivity contribution >= 4 is 39.1 Å². The normalized spacial score (nSPS) is 11.6. The zero-order valence-electron chi connectivity index (χ0n) is 18.3. The minimum absolute atomic E-state index is 0.0775. The van der Waals surface area contributed by atoms with Crippen LogP contribution in [0, 0.1) is 6.92 Å². The van der Waals surface area contributed by atoms with Gasteiger partial charge in [0.25, 0.3) is 0 Å². The molecule has 0 aliphatic heterocycles. The molecule has 0 saturated carbocycles. The largest absolute Gasteiger partial charge is 0.338 e. The first-order valence-electron chi connectivity index (χ1n) is 10.6. The zero-order valence-corrected chi connectivity index (χ0v) is 19.1. The van der Waals surface area contributed by atoms with Gasteiger partial charge in [0.2, 0.25) is 0 Å². The SMILES string of the molecule is CC(=O)c1ccc(-c2ccnc3[nH]c(-c4n[nH]c5ccc(-c6cnc(C)n6C)cc45)cc23)s1. The highest BCUT2D eigenvalue weighted by molar-refractivity contribution is 7.17. The van der Waals surface area contributed by atoms with Crippen LogP contribution in [0.3, 0.4) is 0 Å². The number of fused-ring (bicyclic) bond motifs is 2. The number of hydrogen-bond acceptors (Lipinski definition) is 5. The summed E-state index contributed by atoms with van der Waals surface area (Å²) in [6, 6.07) is 14.2. The van der Waals surface area contributed by atoms with Gasteiger partial charge >= 0.3 is 0 Å². The second-order valence-electron chi connectivity index (χ2n) is 8.11. The quantitative estimate of drug-likeness (QED) is 0.333. The molecule has 33 heavy (non-hydrogen) atoms. The highest BCUT2D eigenvalue weighted by Gasteiger charge is 2.16. The van der Waals surface area contributed by atoms with Crippen LogP contribution in [0.2, 0.25) is 0 Å². The van der Waals surface area contributed by atoms with Crippen molar-refractivity contribution in [1.82, 2.24) is 29.7 Å². The Morgan fingerprint density at radius 3 is 2.70 bits per heavy atom. The number of rotatable bonds is 4. The summed E-state index contributed by atoms with van der Waals surface area (Å²) in [5.74, 6) is 1.04. The lowest BCUT2D eigenvalue weighted by Crippen LogP contribution is -1.94. The number of ketones is 1. The van der Waals surface area contributed by atoms with E-state index in [-0.39, 0.29) is 5.78 Å². The third-order valence-corrected chi connectivity index (χ3v) is 7.30. The summed E-state index contributed by atoms with van der Waals surface area (Å²) < 4.78 is 2.08. The molecule has 8 heteroatoms. The number of imidazole rings is 1. The van der Waals surface area contributed by atoms with Gasteiger partial charge in [0, 0.05) is 40.0 Å². The second-order valence-corrected chi connectivity index (χ2v) is 9.19. The lowest BCUT2D eigenvalue weighted by atomic mass is 10.1.